The Kier molecular flexibility index (Phi) is 4.62. The first-order chi connectivity index (χ1) is 8.27. The minimum absolute atomic E-state index is 0.0746. The van der Waals surface area contributed by atoms with E-state index in [1.165, 1.54) is 0 Å². The Morgan fingerprint density at radius 3 is 2.94 bits per heavy atom. The summed E-state index contributed by atoms with van der Waals surface area (Å²) < 4.78 is 5.36. The molecule has 17 heavy (non-hydrogen) atoms. The molecule has 2 aliphatic heterocycles. The molecule has 0 radical (unpaired) electrons. The van der Waals surface area contributed by atoms with Gasteiger partial charge in [-0.2, -0.15) is 0 Å². The Balaban J connectivity index is 1.62. The molecule has 0 bridgehead atoms. The Bertz CT molecular complexity index is 254. The van der Waals surface area contributed by atoms with Gasteiger partial charge in [0.05, 0.1) is 0 Å². The number of nitrogens with zero attached hydrogens (tertiary/aromatic N) is 1. The second-order valence-corrected chi connectivity index (χ2v) is 4.91. The lowest BCUT2D eigenvalue weighted by Gasteiger charge is -2.29. The van der Waals surface area contributed by atoms with Gasteiger partial charge in [0.2, 0.25) is 0 Å². The molecule has 2 amide bonds. The average Bonchev–Trinajstić information content (AvgIpc) is 2.76. The van der Waals surface area contributed by atoms with E-state index in [1.54, 1.807) is 0 Å². The Morgan fingerprint density at radius 1 is 1.53 bits per heavy atom. The number of rotatable bonds is 5. The highest BCUT2D eigenvalue weighted by atomic mass is 16.5. The van der Waals surface area contributed by atoms with Crippen LogP contribution in [0.2, 0.25) is 0 Å². The maximum Gasteiger partial charge on any atom is 0.317 e. The molecular weight excluding hydrogens is 218 g/mol. The van der Waals surface area contributed by atoms with Gasteiger partial charge in [0.25, 0.3) is 0 Å². The number of carbonyl (C=O) groups excluding carboxylic acids is 1. The number of nitrogens with one attached hydrogen (secondary N) is 2. The quantitative estimate of drug-likeness (QED) is 0.733. The molecule has 5 heteroatoms. The van der Waals surface area contributed by atoms with Crippen molar-refractivity contribution < 1.29 is 9.53 Å². The summed E-state index contributed by atoms with van der Waals surface area (Å²) in [4.78, 5) is 13.2. The molecule has 0 aromatic heterocycles. The van der Waals surface area contributed by atoms with E-state index in [4.69, 9.17) is 4.74 Å². The van der Waals surface area contributed by atoms with Crippen LogP contribution < -0.4 is 10.6 Å². The second kappa shape index (κ2) is 6.21. The maximum atomic E-state index is 11.3. The first kappa shape index (κ1) is 12.6. The Hall–Kier alpha value is -0.810. The minimum atomic E-state index is 0.0746. The van der Waals surface area contributed by atoms with Gasteiger partial charge >= 0.3 is 6.03 Å². The number of carbonyl (C=O) groups is 1. The zero-order chi connectivity index (χ0) is 12.1. The van der Waals surface area contributed by atoms with Crippen molar-refractivity contribution in [1.82, 2.24) is 15.5 Å². The molecular formula is C12H23N3O2. The molecule has 0 aliphatic carbocycles. The van der Waals surface area contributed by atoms with Crippen LogP contribution in [0, 0.1) is 5.92 Å². The lowest BCUT2D eigenvalue weighted by Crippen LogP contribution is -2.41. The lowest BCUT2D eigenvalue weighted by molar-refractivity contribution is 0.0558. The molecule has 2 N–H and O–H groups in total. The van der Waals surface area contributed by atoms with Crippen molar-refractivity contribution in [2.75, 3.05) is 39.4 Å². The largest absolute Gasteiger partial charge is 0.381 e. The predicted octanol–water partition coefficient (Wildman–Crippen LogP) is 0.416. The number of urea groups is 1. The van der Waals surface area contributed by atoms with E-state index in [-0.39, 0.29) is 6.03 Å². The molecule has 2 saturated heterocycles. The molecule has 2 aliphatic rings. The summed E-state index contributed by atoms with van der Waals surface area (Å²) >= 11 is 0. The summed E-state index contributed by atoms with van der Waals surface area (Å²) in [6.45, 7) is 7.34. The van der Waals surface area contributed by atoms with Crippen molar-refractivity contribution in [1.29, 1.82) is 0 Å². The number of hydrogen-bond donors (Lipinski definition) is 2. The molecule has 0 aromatic carbocycles. The molecule has 0 spiro atoms. The van der Waals surface area contributed by atoms with Crippen LogP contribution >= 0.6 is 0 Å². The van der Waals surface area contributed by atoms with Gasteiger partial charge in [-0.25, -0.2) is 4.79 Å². The average molecular weight is 241 g/mol. The van der Waals surface area contributed by atoms with Crippen LogP contribution in [0.4, 0.5) is 4.79 Å². The summed E-state index contributed by atoms with van der Waals surface area (Å²) in [6, 6.07) is 0.593. The fraction of sp³-hybridized carbons (Fsp3) is 0.917. The summed E-state index contributed by atoms with van der Waals surface area (Å²) in [7, 11) is 0. The van der Waals surface area contributed by atoms with Crippen molar-refractivity contribution in [2.45, 2.75) is 25.8 Å². The third-order valence-electron chi connectivity index (χ3n) is 3.77. The van der Waals surface area contributed by atoms with E-state index < -0.39 is 0 Å². The molecule has 98 valence electrons. The third kappa shape index (κ3) is 3.57. The van der Waals surface area contributed by atoms with Crippen LogP contribution in [0.1, 0.15) is 19.8 Å². The molecule has 1 atom stereocenters. The van der Waals surface area contributed by atoms with Crippen molar-refractivity contribution in [3.05, 3.63) is 0 Å². The second-order valence-electron chi connectivity index (χ2n) is 4.91. The van der Waals surface area contributed by atoms with Gasteiger partial charge in [-0.3, -0.25) is 0 Å². The van der Waals surface area contributed by atoms with E-state index in [2.05, 4.69) is 17.6 Å². The molecule has 5 nitrogen and oxygen atoms in total. The highest BCUT2D eigenvalue weighted by Gasteiger charge is 2.21. The van der Waals surface area contributed by atoms with Gasteiger partial charge in [-0.1, -0.05) is 0 Å². The van der Waals surface area contributed by atoms with E-state index in [9.17, 15) is 4.79 Å². The zero-order valence-electron chi connectivity index (χ0n) is 10.6. The van der Waals surface area contributed by atoms with Gasteiger partial charge in [0.15, 0.2) is 0 Å². The fourth-order valence-electron chi connectivity index (χ4n) is 2.53. The molecule has 2 heterocycles. The lowest BCUT2D eigenvalue weighted by atomic mass is 9.93. The molecule has 1 unspecified atom stereocenters. The van der Waals surface area contributed by atoms with Crippen molar-refractivity contribution in [3.8, 4) is 0 Å². The molecule has 0 saturated carbocycles. The number of hydrogen-bond acceptors (Lipinski definition) is 3. The van der Waals surface area contributed by atoms with Gasteiger partial charge in [-0.05, 0) is 25.7 Å². The van der Waals surface area contributed by atoms with Crippen LogP contribution in [0.5, 0.6) is 0 Å². The van der Waals surface area contributed by atoms with E-state index in [1.807, 2.05) is 4.90 Å². The van der Waals surface area contributed by atoms with Crippen LogP contribution in [-0.2, 0) is 4.74 Å². The topological polar surface area (TPSA) is 53.6 Å². The van der Waals surface area contributed by atoms with Crippen LogP contribution in [0.25, 0.3) is 0 Å². The van der Waals surface area contributed by atoms with Crippen LogP contribution in [0.3, 0.4) is 0 Å². The monoisotopic (exact) mass is 241 g/mol. The van der Waals surface area contributed by atoms with Crippen molar-refractivity contribution in [3.63, 3.8) is 0 Å². The summed E-state index contributed by atoms with van der Waals surface area (Å²) in [6.07, 6.45) is 2.30. The first-order valence-electron chi connectivity index (χ1n) is 6.61. The highest BCUT2D eigenvalue weighted by Crippen LogP contribution is 2.18. The SMILES string of the molecule is CC(NCCN1CCNC1=O)C1CCOCC1. The van der Waals surface area contributed by atoms with Gasteiger partial charge in [0.1, 0.15) is 0 Å². The Morgan fingerprint density at radius 2 is 2.29 bits per heavy atom. The fourth-order valence-corrected chi connectivity index (χ4v) is 2.53. The summed E-state index contributed by atoms with van der Waals surface area (Å²) in [5.74, 6) is 0.719. The predicted molar refractivity (Wildman–Crippen MR) is 66.0 cm³/mol. The summed E-state index contributed by atoms with van der Waals surface area (Å²) in [5.41, 5.74) is 0. The highest BCUT2D eigenvalue weighted by molar-refractivity contribution is 5.76. The Labute approximate surface area is 103 Å². The third-order valence-corrected chi connectivity index (χ3v) is 3.77. The van der Waals surface area contributed by atoms with Crippen molar-refractivity contribution >= 4 is 6.03 Å². The van der Waals surface area contributed by atoms with E-state index >= 15 is 0 Å². The molecule has 0 aromatic rings. The van der Waals surface area contributed by atoms with E-state index in [0.29, 0.717) is 6.04 Å². The number of amides is 2. The smallest absolute Gasteiger partial charge is 0.317 e. The standard InChI is InChI=1S/C12H23N3O2/c1-10(11-2-8-17-9-3-11)13-4-6-15-7-5-14-12(15)16/h10-11,13H,2-9H2,1H3,(H,14,16). The minimum Gasteiger partial charge on any atom is -0.381 e. The molecule has 2 rings (SSSR count). The van der Waals surface area contributed by atoms with E-state index in [0.717, 1.165) is 58.2 Å². The van der Waals surface area contributed by atoms with Crippen LogP contribution in [0.15, 0.2) is 0 Å². The van der Waals surface area contributed by atoms with Crippen LogP contribution in [-0.4, -0.2) is 56.4 Å². The summed E-state index contributed by atoms with van der Waals surface area (Å²) in [5, 5.41) is 6.34. The first-order valence-corrected chi connectivity index (χ1v) is 6.61. The van der Waals surface area contributed by atoms with Gasteiger partial charge in [-0.15, -0.1) is 0 Å². The van der Waals surface area contributed by atoms with Crippen molar-refractivity contribution in [2.24, 2.45) is 5.92 Å². The normalized spacial score (nSPS) is 23.8. The molecule has 2 fully saturated rings. The maximum absolute atomic E-state index is 11.3. The van der Waals surface area contributed by atoms with Gasteiger partial charge in [0, 0.05) is 45.4 Å². The van der Waals surface area contributed by atoms with Gasteiger partial charge < -0.3 is 20.3 Å². The number of ether oxygens (including phenoxy) is 1. The zero-order valence-corrected chi connectivity index (χ0v) is 10.6.